The van der Waals surface area contributed by atoms with Gasteiger partial charge in [-0.2, -0.15) is 11.8 Å². The number of ether oxygens (including phenoxy) is 4. The largest absolute Gasteiger partial charge is 0.492 e. The molecule has 0 saturated carbocycles. The first-order valence-corrected chi connectivity index (χ1v) is 14.6. The normalized spacial score (nSPS) is 14.1. The van der Waals surface area contributed by atoms with E-state index in [0.717, 1.165) is 51.3 Å². The molecule has 202 valence electrons. The Morgan fingerprint density at radius 1 is 1.08 bits per heavy atom. The Morgan fingerprint density at radius 3 is 2.55 bits per heavy atom. The Hall–Kier alpha value is -2.54. The summed E-state index contributed by atoms with van der Waals surface area (Å²) in [6, 6.07) is 13.9. The molecule has 1 aliphatic heterocycles. The lowest BCUT2D eigenvalue weighted by molar-refractivity contribution is -0.141. The lowest BCUT2D eigenvalue weighted by Gasteiger charge is -2.19. The molecule has 0 saturated heterocycles. The minimum atomic E-state index is -0.243. The number of carbonyl (C=O) groups is 1. The molecule has 0 N–H and O–H groups in total. The molecular weight excluding hydrogens is 543 g/mol. The van der Waals surface area contributed by atoms with Gasteiger partial charge in [-0.25, -0.2) is 0 Å². The number of benzene rings is 3. The molecule has 8 heteroatoms. The first kappa shape index (κ1) is 28.5. The van der Waals surface area contributed by atoms with Crippen molar-refractivity contribution in [1.82, 2.24) is 0 Å². The van der Waals surface area contributed by atoms with Crippen molar-refractivity contribution in [3.05, 3.63) is 74.8 Å². The van der Waals surface area contributed by atoms with Crippen LogP contribution in [0.3, 0.4) is 0 Å². The molecule has 3 aromatic carbocycles. The molecule has 0 bridgehead atoms. The van der Waals surface area contributed by atoms with E-state index in [-0.39, 0.29) is 11.9 Å². The Labute approximate surface area is 238 Å². The number of hydrogen-bond donors (Lipinski definition) is 0. The number of esters is 1. The highest BCUT2D eigenvalue weighted by molar-refractivity contribution is 7.98. The van der Waals surface area contributed by atoms with E-state index in [4.69, 9.17) is 42.1 Å². The fourth-order valence-corrected chi connectivity index (χ4v) is 5.60. The first-order valence-electron chi connectivity index (χ1n) is 12.5. The molecule has 1 heterocycles. The Kier molecular flexibility index (Phi) is 9.74. The van der Waals surface area contributed by atoms with Crippen LogP contribution < -0.4 is 14.2 Å². The van der Waals surface area contributed by atoms with Crippen molar-refractivity contribution in [3.63, 3.8) is 0 Å². The molecule has 1 aliphatic rings. The maximum Gasteiger partial charge on any atom is 0.306 e. The number of carbonyl (C=O) groups excluding carboxylic acids is 1. The van der Waals surface area contributed by atoms with Crippen LogP contribution in [-0.2, 0) is 16.1 Å². The molecule has 0 aliphatic carbocycles. The van der Waals surface area contributed by atoms with Crippen LogP contribution in [0.5, 0.6) is 17.2 Å². The van der Waals surface area contributed by atoms with E-state index in [2.05, 4.69) is 18.4 Å². The Morgan fingerprint density at radius 2 is 1.84 bits per heavy atom. The molecule has 0 spiro atoms. The van der Waals surface area contributed by atoms with Gasteiger partial charge in [0.1, 0.15) is 18.1 Å². The molecule has 0 aromatic heterocycles. The van der Waals surface area contributed by atoms with Crippen molar-refractivity contribution >= 4 is 40.9 Å². The summed E-state index contributed by atoms with van der Waals surface area (Å²) < 4.78 is 22.7. The van der Waals surface area contributed by atoms with Gasteiger partial charge in [0.2, 0.25) is 0 Å². The lowest BCUT2D eigenvalue weighted by atomic mass is 9.94. The highest BCUT2D eigenvalue weighted by Gasteiger charge is 2.27. The Balaban J connectivity index is 1.49. The summed E-state index contributed by atoms with van der Waals surface area (Å²) in [6.07, 6.45) is 3.31. The standard InChI is InChI=1S/C30H32Cl2O5S/c1-18-27(19(2)29(32)30(28(18)31)35-11-6-12-38-4)21-8-5-7-20(13-21)16-36-23-9-10-24-22(14-26(33)34-3)17-37-25(24)15-23/h5,7-10,13,15,22H,6,11-12,14,16-17H2,1-4H3/t22-/m1/s1. The second-order valence-electron chi connectivity index (χ2n) is 9.25. The maximum atomic E-state index is 11.7. The van der Waals surface area contributed by atoms with Gasteiger partial charge in [0.15, 0.2) is 5.75 Å². The van der Waals surface area contributed by atoms with Gasteiger partial charge in [-0.3, -0.25) is 4.79 Å². The van der Waals surface area contributed by atoms with Gasteiger partial charge in [0.05, 0.1) is 36.8 Å². The lowest BCUT2D eigenvalue weighted by Crippen LogP contribution is -2.09. The summed E-state index contributed by atoms with van der Waals surface area (Å²) in [6.45, 7) is 5.41. The van der Waals surface area contributed by atoms with E-state index in [1.54, 1.807) is 11.8 Å². The van der Waals surface area contributed by atoms with Gasteiger partial charge < -0.3 is 18.9 Å². The monoisotopic (exact) mass is 574 g/mol. The Bertz CT molecular complexity index is 1280. The second kappa shape index (κ2) is 13.0. The molecule has 0 amide bonds. The highest BCUT2D eigenvalue weighted by Crippen LogP contribution is 2.45. The van der Waals surface area contributed by atoms with Gasteiger partial charge in [-0.05, 0) is 72.2 Å². The fourth-order valence-electron chi connectivity index (χ4n) is 4.66. The van der Waals surface area contributed by atoms with E-state index < -0.39 is 0 Å². The summed E-state index contributed by atoms with van der Waals surface area (Å²) in [5.41, 5.74) is 5.90. The third-order valence-corrected chi connectivity index (χ3v) is 8.28. The van der Waals surface area contributed by atoms with Crippen LogP contribution in [0.15, 0.2) is 42.5 Å². The highest BCUT2D eigenvalue weighted by atomic mass is 35.5. The van der Waals surface area contributed by atoms with Gasteiger partial charge in [0.25, 0.3) is 0 Å². The first-order chi connectivity index (χ1) is 18.3. The minimum absolute atomic E-state index is 0.000408. The van der Waals surface area contributed by atoms with Crippen molar-refractivity contribution in [3.8, 4) is 28.4 Å². The third-order valence-electron chi connectivity index (χ3n) is 6.67. The minimum Gasteiger partial charge on any atom is -0.492 e. The summed E-state index contributed by atoms with van der Waals surface area (Å²) in [7, 11) is 1.40. The zero-order valence-electron chi connectivity index (χ0n) is 22.1. The fraction of sp³-hybridized carbons (Fsp3) is 0.367. The maximum absolute atomic E-state index is 11.7. The van der Waals surface area contributed by atoms with E-state index in [1.807, 2.05) is 44.2 Å². The average molecular weight is 576 g/mol. The van der Waals surface area contributed by atoms with Gasteiger partial charge in [-0.1, -0.05) is 47.5 Å². The van der Waals surface area contributed by atoms with Crippen LogP contribution in [0.4, 0.5) is 0 Å². The molecule has 5 nitrogen and oxygen atoms in total. The van der Waals surface area contributed by atoms with E-state index in [0.29, 0.717) is 47.8 Å². The predicted molar refractivity (Wildman–Crippen MR) is 156 cm³/mol. The van der Waals surface area contributed by atoms with Gasteiger partial charge >= 0.3 is 5.97 Å². The van der Waals surface area contributed by atoms with Gasteiger partial charge in [-0.15, -0.1) is 0 Å². The number of methoxy groups -OCH3 is 1. The molecule has 1 atom stereocenters. The van der Waals surface area contributed by atoms with Crippen molar-refractivity contribution in [1.29, 1.82) is 0 Å². The molecule has 0 radical (unpaired) electrons. The second-order valence-corrected chi connectivity index (χ2v) is 11.0. The van der Waals surface area contributed by atoms with Crippen LogP contribution in [0.2, 0.25) is 10.0 Å². The van der Waals surface area contributed by atoms with Crippen molar-refractivity contribution in [2.45, 2.75) is 39.2 Å². The summed E-state index contributed by atoms with van der Waals surface area (Å²) >= 11 is 15.3. The molecule has 0 fully saturated rings. The quantitative estimate of drug-likeness (QED) is 0.171. The summed E-state index contributed by atoms with van der Waals surface area (Å²) in [5.74, 6) is 2.79. The topological polar surface area (TPSA) is 54.0 Å². The number of hydrogen-bond acceptors (Lipinski definition) is 6. The van der Waals surface area contributed by atoms with Crippen LogP contribution in [0.25, 0.3) is 11.1 Å². The van der Waals surface area contributed by atoms with Gasteiger partial charge in [0, 0.05) is 17.5 Å². The van der Waals surface area contributed by atoms with Crippen LogP contribution in [-0.4, -0.2) is 38.3 Å². The molecule has 38 heavy (non-hydrogen) atoms. The van der Waals surface area contributed by atoms with Crippen molar-refractivity contribution < 1.29 is 23.7 Å². The summed E-state index contributed by atoms with van der Waals surface area (Å²) in [5, 5.41) is 1.09. The van der Waals surface area contributed by atoms with E-state index in [1.165, 1.54) is 7.11 Å². The zero-order chi connectivity index (χ0) is 27.2. The number of rotatable bonds is 11. The number of thioether (sulfide) groups is 1. The van der Waals surface area contributed by atoms with Crippen LogP contribution >= 0.6 is 35.0 Å². The SMILES string of the molecule is COC(=O)C[C@@H]1COc2cc(OCc3cccc(-c4c(C)c(Cl)c(OCCCSC)c(Cl)c4C)c3)ccc21. The van der Waals surface area contributed by atoms with Crippen LogP contribution in [0, 0.1) is 13.8 Å². The van der Waals surface area contributed by atoms with Crippen molar-refractivity contribution in [2.24, 2.45) is 0 Å². The smallest absolute Gasteiger partial charge is 0.306 e. The molecule has 4 rings (SSSR count). The number of halogens is 2. The molecule has 3 aromatic rings. The van der Waals surface area contributed by atoms with E-state index >= 15 is 0 Å². The average Bonchev–Trinajstić information content (AvgIpc) is 3.32. The summed E-state index contributed by atoms with van der Waals surface area (Å²) in [4.78, 5) is 11.7. The van der Waals surface area contributed by atoms with Crippen LogP contribution in [0.1, 0.15) is 41.0 Å². The van der Waals surface area contributed by atoms with Crippen molar-refractivity contribution in [2.75, 3.05) is 32.3 Å². The molecular formula is C30H32Cl2O5S. The molecule has 0 unspecified atom stereocenters. The van der Waals surface area contributed by atoms with E-state index in [9.17, 15) is 4.79 Å². The number of fused-ring (bicyclic) bond motifs is 1. The zero-order valence-corrected chi connectivity index (χ0v) is 24.4. The third kappa shape index (κ3) is 6.36. The predicted octanol–water partition coefficient (Wildman–Crippen LogP) is 8.03.